The summed E-state index contributed by atoms with van der Waals surface area (Å²) in [5.74, 6) is -0.763. The number of aliphatic hydroxyl groups is 1. The van der Waals surface area contributed by atoms with E-state index in [1.165, 1.54) is 0 Å². The molecule has 0 unspecified atom stereocenters. The van der Waals surface area contributed by atoms with Crippen LogP contribution in [0.4, 0.5) is 18.9 Å². The van der Waals surface area contributed by atoms with Crippen molar-refractivity contribution in [2.24, 2.45) is 0 Å². The topological polar surface area (TPSA) is 85.5 Å². The predicted molar refractivity (Wildman–Crippen MR) is 48.2 cm³/mol. The Hall–Kier alpha value is -1.90. The van der Waals surface area contributed by atoms with E-state index in [1.54, 1.807) is 0 Å². The zero-order valence-electron chi connectivity index (χ0n) is 8.48. The smallest absolute Gasteiger partial charge is 0.404 e. The Morgan fingerprint density at radius 2 is 2.18 bits per heavy atom. The first-order valence-corrected chi connectivity index (χ1v) is 4.25. The van der Waals surface area contributed by atoms with E-state index >= 15 is 0 Å². The summed E-state index contributed by atoms with van der Waals surface area (Å²) in [6.07, 6.45) is -4.28. The molecule has 0 saturated carbocycles. The normalized spacial score (nSPS) is 11.4. The number of nitrogens with zero attached hydrogens (tertiary/aromatic N) is 2. The second kappa shape index (κ2) is 4.53. The Kier molecular flexibility index (Phi) is 3.51. The van der Waals surface area contributed by atoms with Gasteiger partial charge < -0.3 is 9.84 Å². The fraction of sp³-hybridized carbons (Fsp3) is 0.375. The maximum Gasteiger partial charge on any atom is 0.573 e. The van der Waals surface area contributed by atoms with E-state index in [2.05, 4.69) is 9.72 Å². The minimum Gasteiger partial charge on any atom is -0.404 e. The van der Waals surface area contributed by atoms with Gasteiger partial charge in [-0.3, -0.25) is 10.1 Å². The molecular weight excluding hydrogens is 245 g/mol. The summed E-state index contributed by atoms with van der Waals surface area (Å²) in [7, 11) is 0. The molecule has 9 heteroatoms. The van der Waals surface area contributed by atoms with E-state index < -0.39 is 29.3 Å². The Bertz CT molecular complexity index is 447. The second-order valence-corrected chi connectivity index (χ2v) is 3.01. The summed E-state index contributed by atoms with van der Waals surface area (Å²) in [6, 6.07) is 0. The molecule has 0 bridgehead atoms. The van der Waals surface area contributed by atoms with Crippen molar-refractivity contribution in [2.75, 3.05) is 0 Å². The van der Waals surface area contributed by atoms with Crippen molar-refractivity contribution in [3.05, 3.63) is 27.6 Å². The highest BCUT2D eigenvalue weighted by Crippen LogP contribution is 2.32. The van der Waals surface area contributed by atoms with Crippen molar-refractivity contribution in [2.45, 2.75) is 19.9 Å². The van der Waals surface area contributed by atoms with Crippen molar-refractivity contribution in [3.63, 3.8) is 0 Å². The molecule has 0 aliphatic rings. The Morgan fingerprint density at radius 1 is 1.59 bits per heavy atom. The number of hydrogen-bond donors (Lipinski definition) is 1. The monoisotopic (exact) mass is 252 g/mol. The number of pyridine rings is 1. The second-order valence-electron chi connectivity index (χ2n) is 3.01. The SMILES string of the molecule is Cc1c(OC(F)(F)F)cnc(CO)c1[N+](=O)[O-]. The van der Waals surface area contributed by atoms with Crippen LogP contribution in [-0.2, 0) is 6.61 Å². The molecule has 0 saturated heterocycles. The minimum absolute atomic E-state index is 0.318. The van der Waals surface area contributed by atoms with Crippen LogP contribution in [0.15, 0.2) is 6.20 Å². The first-order chi connectivity index (χ1) is 7.76. The van der Waals surface area contributed by atoms with E-state index in [0.29, 0.717) is 6.20 Å². The van der Waals surface area contributed by atoms with E-state index in [9.17, 15) is 23.3 Å². The molecule has 0 amide bonds. The molecule has 1 aromatic rings. The van der Waals surface area contributed by atoms with Crippen LogP contribution >= 0.6 is 0 Å². The van der Waals surface area contributed by atoms with Gasteiger partial charge in [-0.2, -0.15) is 0 Å². The number of hydrogen-bond acceptors (Lipinski definition) is 5. The van der Waals surface area contributed by atoms with Gasteiger partial charge in [0, 0.05) is 0 Å². The number of aromatic nitrogens is 1. The summed E-state index contributed by atoms with van der Waals surface area (Å²) >= 11 is 0. The zero-order chi connectivity index (χ0) is 13.2. The Morgan fingerprint density at radius 3 is 2.59 bits per heavy atom. The molecular formula is C8H7F3N2O4. The predicted octanol–water partition coefficient (Wildman–Crippen LogP) is 1.69. The largest absolute Gasteiger partial charge is 0.573 e. The number of aliphatic hydroxyl groups excluding tert-OH is 1. The lowest BCUT2D eigenvalue weighted by molar-refractivity contribution is -0.387. The van der Waals surface area contributed by atoms with Gasteiger partial charge in [0.1, 0.15) is 5.69 Å². The lowest BCUT2D eigenvalue weighted by Gasteiger charge is -2.11. The van der Waals surface area contributed by atoms with Crippen LogP contribution in [0.1, 0.15) is 11.3 Å². The summed E-state index contributed by atoms with van der Waals surface area (Å²) in [6.45, 7) is 0.337. The van der Waals surface area contributed by atoms with Crippen molar-refractivity contribution in [3.8, 4) is 5.75 Å². The van der Waals surface area contributed by atoms with Crippen LogP contribution in [0.2, 0.25) is 0 Å². The number of nitro groups is 1. The molecule has 0 radical (unpaired) electrons. The molecule has 1 aromatic heterocycles. The van der Waals surface area contributed by atoms with Crippen LogP contribution in [0.25, 0.3) is 0 Å². The lowest BCUT2D eigenvalue weighted by atomic mass is 10.2. The molecule has 94 valence electrons. The first kappa shape index (κ1) is 13.2. The van der Waals surface area contributed by atoms with E-state index in [-0.39, 0.29) is 11.3 Å². The Balaban J connectivity index is 3.28. The Labute approximate surface area is 92.8 Å². The third-order valence-electron chi connectivity index (χ3n) is 1.89. The molecule has 1 N–H and O–H groups in total. The van der Waals surface area contributed by atoms with Gasteiger partial charge in [-0.15, -0.1) is 13.2 Å². The van der Waals surface area contributed by atoms with Crippen LogP contribution in [0, 0.1) is 17.0 Å². The van der Waals surface area contributed by atoms with Crippen molar-refractivity contribution in [1.82, 2.24) is 4.98 Å². The van der Waals surface area contributed by atoms with Crippen molar-refractivity contribution >= 4 is 5.69 Å². The van der Waals surface area contributed by atoms with Crippen LogP contribution in [0.3, 0.4) is 0 Å². The van der Waals surface area contributed by atoms with E-state index in [1.807, 2.05) is 0 Å². The van der Waals surface area contributed by atoms with Crippen molar-refractivity contribution < 1.29 is 27.9 Å². The molecule has 0 aromatic carbocycles. The first-order valence-electron chi connectivity index (χ1n) is 4.25. The third-order valence-corrected chi connectivity index (χ3v) is 1.89. The molecule has 6 nitrogen and oxygen atoms in total. The number of alkyl halides is 3. The van der Waals surface area contributed by atoms with Gasteiger partial charge in [-0.25, -0.2) is 4.98 Å². The summed E-state index contributed by atoms with van der Waals surface area (Å²) in [4.78, 5) is 13.1. The summed E-state index contributed by atoms with van der Waals surface area (Å²) < 4.78 is 39.5. The molecule has 0 atom stereocenters. The molecule has 0 aliphatic heterocycles. The zero-order valence-corrected chi connectivity index (χ0v) is 8.48. The van der Waals surface area contributed by atoms with Crippen LogP contribution in [-0.4, -0.2) is 21.4 Å². The fourth-order valence-corrected chi connectivity index (χ4v) is 1.21. The summed E-state index contributed by atoms with van der Waals surface area (Å²) in [5, 5.41) is 19.4. The average Bonchev–Trinajstić information content (AvgIpc) is 2.18. The molecule has 0 spiro atoms. The standard InChI is InChI=1S/C8H7F3N2O4/c1-4-6(17-8(9,10)11)2-12-5(3-14)7(4)13(15)16/h2,14H,3H2,1H3. The highest BCUT2D eigenvalue weighted by molar-refractivity contribution is 5.50. The minimum atomic E-state index is -4.96. The van der Waals surface area contributed by atoms with Gasteiger partial charge in [-0.05, 0) is 6.92 Å². The highest BCUT2D eigenvalue weighted by atomic mass is 19.4. The fourth-order valence-electron chi connectivity index (χ4n) is 1.21. The van der Waals surface area contributed by atoms with Gasteiger partial charge in [-0.1, -0.05) is 0 Å². The van der Waals surface area contributed by atoms with Gasteiger partial charge in [0.25, 0.3) is 5.69 Å². The lowest BCUT2D eigenvalue weighted by Crippen LogP contribution is -2.18. The quantitative estimate of drug-likeness (QED) is 0.653. The number of halogens is 3. The molecule has 0 fully saturated rings. The number of ether oxygens (including phenoxy) is 1. The average molecular weight is 252 g/mol. The molecule has 1 rings (SSSR count). The van der Waals surface area contributed by atoms with E-state index in [0.717, 1.165) is 6.92 Å². The maximum atomic E-state index is 12.0. The van der Waals surface area contributed by atoms with Gasteiger partial charge in [0.05, 0.1) is 23.3 Å². The molecule has 0 aliphatic carbocycles. The number of rotatable bonds is 3. The summed E-state index contributed by atoms with van der Waals surface area (Å²) in [5.41, 5.74) is -1.34. The molecule has 1 heterocycles. The van der Waals surface area contributed by atoms with Gasteiger partial charge in [0.15, 0.2) is 5.75 Å². The van der Waals surface area contributed by atoms with E-state index in [4.69, 9.17) is 5.11 Å². The molecule has 17 heavy (non-hydrogen) atoms. The third kappa shape index (κ3) is 3.03. The highest BCUT2D eigenvalue weighted by Gasteiger charge is 2.34. The van der Waals surface area contributed by atoms with Crippen molar-refractivity contribution in [1.29, 1.82) is 0 Å². The van der Waals surface area contributed by atoms with Crippen LogP contribution in [0.5, 0.6) is 5.75 Å². The van der Waals surface area contributed by atoms with Crippen LogP contribution < -0.4 is 4.74 Å². The maximum absolute atomic E-state index is 12.0. The van der Waals surface area contributed by atoms with Gasteiger partial charge in [0.2, 0.25) is 0 Å². The van der Waals surface area contributed by atoms with Gasteiger partial charge >= 0.3 is 6.36 Å².